The summed E-state index contributed by atoms with van der Waals surface area (Å²) in [5.41, 5.74) is 1.28. The number of rotatable bonds is 3. The number of methoxy groups -OCH3 is 1. The van der Waals surface area contributed by atoms with Gasteiger partial charge in [0, 0.05) is 18.7 Å². The lowest BCUT2D eigenvalue weighted by Crippen LogP contribution is -2.21. The molecule has 1 saturated carbocycles. The Kier molecular flexibility index (Phi) is 3.87. The van der Waals surface area contributed by atoms with Crippen LogP contribution in [0, 0.1) is 5.92 Å². The zero-order chi connectivity index (χ0) is 14.0. The Morgan fingerprint density at radius 3 is 2.53 bits per heavy atom. The van der Waals surface area contributed by atoms with Crippen LogP contribution in [0.25, 0.3) is 0 Å². The zero-order valence-corrected chi connectivity index (χ0v) is 11.1. The van der Waals surface area contributed by atoms with Crippen LogP contribution < -0.4 is 0 Å². The third-order valence-corrected chi connectivity index (χ3v) is 3.81. The number of carbonyl (C=O) groups is 2. The molecule has 0 atom stereocenters. The van der Waals surface area contributed by atoms with Crippen molar-refractivity contribution in [2.24, 2.45) is 13.0 Å². The second-order valence-electron chi connectivity index (χ2n) is 4.96. The summed E-state index contributed by atoms with van der Waals surface area (Å²) >= 11 is 0. The highest BCUT2D eigenvalue weighted by Crippen LogP contribution is 2.35. The van der Waals surface area contributed by atoms with Crippen molar-refractivity contribution in [3.63, 3.8) is 0 Å². The fourth-order valence-corrected chi connectivity index (χ4v) is 2.70. The van der Waals surface area contributed by atoms with Crippen molar-refractivity contribution in [1.82, 2.24) is 9.78 Å². The van der Waals surface area contributed by atoms with Gasteiger partial charge in [0.1, 0.15) is 0 Å². The number of hydrogen-bond acceptors (Lipinski definition) is 4. The van der Waals surface area contributed by atoms with Gasteiger partial charge in [-0.2, -0.15) is 5.10 Å². The van der Waals surface area contributed by atoms with Gasteiger partial charge in [-0.3, -0.25) is 9.48 Å². The summed E-state index contributed by atoms with van der Waals surface area (Å²) < 4.78 is 6.34. The zero-order valence-electron chi connectivity index (χ0n) is 11.1. The number of carbonyl (C=O) groups excluding carboxylic acids is 1. The summed E-state index contributed by atoms with van der Waals surface area (Å²) in [5, 5.41) is 13.1. The highest BCUT2D eigenvalue weighted by Gasteiger charge is 2.29. The van der Waals surface area contributed by atoms with Crippen LogP contribution in [-0.4, -0.2) is 33.9 Å². The van der Waals surface area contributed by atoms with Crippen LogP contribution in [0.1, 0.15) is 47.8 Å². The SMILES string of the molecule is COC(=O)c1cc(C2CCC(C(=O)O)CC2)n(C)n1. The van der Waals surface area contributed by atoms with Gasteiger partial charge >= 0.3 is 11.9 Å². The summed E-state index contributed by atoms with van der Waals surface area (Å²) in [5.74, 6) is -1.11. The maximum absolute atomic E-state index is 11.4. The Hall–Kier alpha value is -1.85. The van der Waals surface area contributed by atoms with Crippen molar-refractivity contribution in [1.29, 1.82) is 0 Å². The first kappa shape index (κ1) is 13.6. The molecule has 0 spiro atoms. The van der Waals surface area contributed by atoms with Gasteiger partial charge in [0.25, 0.3) is 0 Å². The fraction of sp³-hybridized carbons (Fsp3) is 0.615. The summed E-state index contributed by atoms with van der Waals surface area (Å²) in [4.78, 5) is 22.3. The molecule has 1 aliphatic carbocycles. The minimum atomic E-state index is -0.710. The molecular weight excluding hydrogens is 248 g/mol. The first-order valence-corrected chi connectivity index (χ1v) is 6.38. The van der Waals surface area contributed by atoms with Crippen LogP contribution in [0.3, 0.4) is 0 Å². The van der Waals surface area contributed by atoms with Gasteiger partial charge in [-0.25, -0.2) is 4.79 Å². The highest BCUT2D eigenvalue weighted by atomic mass is 16.5. The number of ether oxygens (including phenoxy) is 1. The van der Waals surface area contributed by atoms with Crippen molar-refractivity contribution in [2.45, 2.75) is 31.6 Å². The predicted octanol–water partition coefficient (Wildman–Crippen LogP) is 1.57. The van der Waals surface area contributed by atoms with Gasteiger partial charge in [0.15, 0.2) is 5.69 Å². The van der Waals surface area contributed by atoms with Crippen molar-refractivity contribution in [3.8, 4) is 0 Å². The molecule has 19 heavy (non-hydrogen) atoms. The largest absolute Gasteiger partial charge is 0.481 e. The van der Waals surface area contributed by atoms with Crippen molar-refractivity contribution >= 4 is 11.9 Å². The van der Waals surface area contributed by atoms with Gasteiger partial charge in [0.2, 0.25) is 0 Å². The van der Waals surface area contributed by atoms with Gasteiger partial charge in [-0.1, -0.05) is 0 Å². The van der Waals surface area contributed by atoms with E-state index in [1.807, 2.05) is 0 Å². The number of carboxylic acids is 1. The van der Waals surface area contributed by atoms with Gasteiger partial charge < -0.3 is 9.84 Å². The van der Waals surface area contributed by atoms with Gasteiger partial charge in [-0.15, -0.1) is 0 Å². The quantitative estimate of drug-likeness (QED) is 0.840. The summed E-state index contributed by atoms with van der Waals surface area (Å²) in [6.07, 6.45) is 2.99. The first-order valence-electron chi connectivity index (χ1n) is 6.38. The molecule has 0 amide bonds. The van der Waals surface area contributed by atoms with Gasteiger partial charge in [0.05, 0.1) is 13.0 Å². The summed E-state index contributed by atoms with van der Waals surface area (Å²) in [6.45, 7) is 0. The second kappa shape index (κ2) is 5.42. The molecule has 1 aromatic rings. The lowest BCUT2D eigenvalue weighted by molar-refractivity contribution is -0.142. The maximum atomic E-state index is 11.4. The molecule has 0 saturated heterocycles. The van der Waals surface area contributed by atoms with E-state index < -0.39 is 11.9 Å². The highest BCUT2D eigenvalue weighted by molar-refractivity contribution is 5.87. The smallest absolute Gasteiger partial charge is 0.358 e. The van der Waals surface area contributed by atoms with Crippen molar-refractivity contribution < 1.29 is 19.4 Å². The molecule has 0 aromatic carbocycles. The Balaban J connectivity index is 2.09. The van der Waals surface area contributed by atoms with E-state index >= 15 is 0 Å². The van der Waals surface area contributed by atoms with E-state index in [1.54, 1.807) is 17.8 Å². The molecular formula is C13H18N2O4. The predicted molar refractivity (Wildman–Crippen MR) is 66.9 cm³/mol. The Morgan fingerprint density at radius 2 is 2.00 bits per heavy atom. The molecule has 0 radical (unpaired) electrons. The number of hydrogen-bond donors (Lipinski definition) is 1. The van der Waals surface area contributed by atoms with E-state index in [0.717, 1.165) is 18.5 Å². The number of aliphatic carboxylic acids is 1. The topological polar surface area (TPSA) is 81.4 Å². The first-order chi connectivity index (χ1) is 9.02. The molecule has 1 N–H and O–H groups in total. The Bertz CT molecular complexity index is 487. The van der Waals surface area contributed by atoms with E-state index in [9.17, 15) is 9.59 Å². The average Bonchev–Trinajstić information content (AvgIpc) is 2.80. The Labute approximate surface area is 111 Å². The van der Waals surface area contributed by atoms with Crippen LogP contribution in [0.4, 0.5) is 0 Å². The third kappa shape index (κ3) is 2.77. The molecule has 0 bridgehead atoms. The molecule has 1 aliphatic rings. The van der Waals surface area contributed by atoms with Crippen LogP contribution in [0.15, 0.2) is 6.07 Å². The molecule has 2 rings (SSSR count). The third-order valence-electron chi connectivity index (χ3n) is 3.81. The summed E-state index contributed by atoms with van der Waals surface area (Å²) in [6, 6.07) is 1.75. The van der Waals surface area contributed by atoms with Crippen LogP contribution >= 0.6 is 0 Å². The monoisotopic (exact) mass is 266 g/mol. The number of nitrogens with zero attached hydrogens (tertiary/aromatic N) is 2. The Morgan fingerprint density at radius 1 is 1.37 bits per heavy atom. The van der Waals surface area contributed by atoms with Crippen LogP contribution in [0.2, 0.25) is 0 Å². The molecule has 6 nitrogen and oxygen atoms in total. The molecule has 1 fully saturated rings. The minimum Gasteiger partial charge on any atom is -0.481 e. The molecule has 6 heteroatoms. The lowest BCUT2D eigenvalue weighted by Gasteiger charge is -2.25. The van der Waals surface area contributed by atoms with E-state index in [4.69, 9.17) is 5.11 Å². The average molecular weight is 266 g/mol. The number of aromatic nitrogens is 2. The van der Waals surface area contributed by atoms with E-state index in [0.29, 0.717) is 18.5 Å². The molecule has 104 valence electrons. The van der Waals surface area contributed by atoms with Crippen molar-refractivity contribution in [2.75, 3.05) is 7.11 Å². The lowest BCUT2D eigenvalue weighted by atomic mass is 9.80. The molecule has 1 heterocycles. The van der Waals surface area contributed by atoms with Crippen LogP contribution in [0.5, 0.6) is 0 Å². The standard InChI is InChI=1S/C13H18N2O4/c1-15-11(7-10(14-15)13(18)19-2)8-3-5-9(6-4-8)12(16)17/h7-9H,3-6H2,1-2H3,(H,16,17). The van der Waals surface area contributed by atoms with E-state index in [-0.39, 0.29) is 11.8 Å². The number of aryl methyl sites for hydroxylation is 1. The summed E-state index contributed by atoms with van der Waals surface area (Å²) in [7, 11) is 3.12. The number of esters is 1. The van der Waals surface area contributed by atoms with Crippen molar-refractivity contribution in [3.05, 3.63) is 17.5 Å². The maximum Gasteiger partial charge on any atom is 0.358 e. The minimum absolute atomic E-state index is 0.232. The fourth-order valence-electron chi connectivity index (χ4n) is 2.70. The molecule has 0 unspecified atom stereocenters. The molecule has 1 aromatic heterocycles. The number of carboxylic acid groups (broad SMARTS) is 1. The second-order valence-corrected chi connectivity index (χ2v) is 4.96. The van der Waals surface area contributed by atoms with E-state index in [2.05, 4.69) is 9.84 Å². The van der Waals surface area contributed by atoms with Gasteiger partial charge in [-0.05, 0) is 31.7 Å². The molecule has 0 aliphatic heterocycles. The normalized spacial score (nSPS) is 23.1. The van der Waals surface area contributed by atoms with Crippen LogP contribution in [-0.2, 0) is 16.6 Å². The van der Waals surface area contributed by atoms with E-state index in [1.165, 1.54) is 7.11 Å².